The van der Waals surface area contributed by atoms with Gasteiger partial charge in [-0.1, -0.05) is 0 Å². The molecule has 0 spiro atoms. The highest BCUT2D eigenvalue weighted by Crippen LogP contribution is 2.31. The van der Waals surface area contributed by atoms with Crippen LogP contribution in [0.3, 0.4) is 0 Å². The van der Waals surface area contributed by atoms with Crippen LogP contribution >= 0.6 is 0 Å². The molecule has 0 atom stereocenters. The van der Waals surface area contributed by atoms with Gasteiger partial charge in [-0.3, -0.25) is 14.9 Å². The average molecular weight is 287 g/mol. The van der Waals surface area contributed by atoms with Gasteiger partial charge in [-0.2, -0.15) is 8.78 Å². The predicted molar refractivity (Wildman–Crippen MR) is 61.8 cm³/mol. The summed E-state index contributed by atoms with van der Waals surface area (Å²) in [5.74, 6) is -2.00. The van der Waals surface area contributed by atoms with Crippen LogP contribution < -0.4 is 4.74 Å². The number of alkyl halides is 2. The van der Waals surface area contributed by atoms with Crippen molar-refractivity contribution >= 4 is 24.0 Å². The minimum absolute atomic E-state index is 0.0756. The first-order valence-corrected chi connectivity index (χ1v) is 4.99. The van der Waals surface area contributed by atoms with Crippen molar-refractivity contribution in [2.45, 2.75) is 6.61 Å². The zero-order chi connectivity index (χ0) is 15.3. The van der Waals surface area contributed by atoms with Crippen molar-refractivity contribution in [1.29, 1.82) is 0 Å². The van der Waals surface area contributed by atoms with Gasteiger partial charge in [-0.25, -0.2) is 4.79 Å². The molecule has 0 aliphatic rings. The van der Waals surface area contributed by atoms with Gasteiger partial charge in [0.2, 0.25) is 0 Å². The Labute approximate surface area is 110 Å². The van der Waals surface area contributed by atoms with Crippen molar-refractivity contribution in [2.24, 2.45) is 0 Å². The fourth-order valence-electron chi connectivity index (χ4n) is 1.41. The number of carboxylic acids is 1. The number of rotatable bonds is 6. The number of carbonyl (C=O) groups is 2. The molecule has 106 valence electrons. The third-order valence-corrected chi connectivity index (χ3v) is 2.15. The number of ether oxygens (including phenoxy) is 1. The maximum atomic E-state index is 12.2. The van der Waals surface area contributed by atoms with E-state index in [1.807, 2.05) is 0 Å². The molecule has 0 saturated carbocycles. The van der Waals surface area contributed by atoms with E-state index in [1.165, 1.54) is 0 Å². The van der Waals surface area contributed by atoms with E-state index >= 15 is 0 Å². The first-order chi connectivity index (χ1) is 9.36. The van der Waals surface area contributed by atoms with Crippen LogP contribution in [0.5, 0.6) is 5.75 Å². The molecule has 1 aromatic rings. The van der Waals surface area contributed by atoms with Gasteiger partial charge in [-0.15, -0.1) is 0 Å². The van der Waals surface area contributed by atoms with Crippen molar-refractivity contribution in [1.82, 2.24) is 0 Å². The summed E-state index contributed by atoms with van der Waals surface area (Å²) in [6, 6.07) is 1.68. The Kier molecular flexibility index (Phi) is 4.84. The molecule has 0 saturated heterocycles. The Balaban J connectivity index is 3.49. The largest absolute Gasteiger partial charge is 0.478 e. The topological polar surface area (TPSA) is 107 Å². The summed E-state index contributed by atoms with van der Waals surface area (Å²) in [6.07, 6.45) is 1.39. The Hall–Kier alpha value is -2.84. The molecule has 0 bridgehead atoms. The summed E-state index contributed by atoms with van der Waals surface area (Å²) in [5, 5.41) is 19.3. The van der Waals surface area contributed by atoms with E-state index in [-0.39, 0.29) is 6.29 Å². The lowest BCUT2D eigenvalue weighted by atomic mass is 10.0. The lowest BCUT2D eigenvalue weighted by Crippen LogP contribution is -2.06. The van der Waals surface area contributed by atoms with Gasteiger partial charge in [0.25, 0.3) is 5.69 Å². The molecule has 20 heavy (non-hydrogen) atoms. The molecule has 0 radical (unpaired) electrons. The molecular weight excluding hydrogens is 280 g/mol. The summed E-state index contributed by atoms with van der Waals surface area (Å²) in [5.41, 5.74) is -1.56. The van der Waals surface area contributed by atoms with Crippen molar-refractivity contribution in [3.05, 3.63) is 39.4 Å². The molecule has 0 aromatic heterocycles. The van der Waals surface area contributed by atoms with Gasteiger partial charge in [0, 0.05) is 12.1 Å². The Morgan fingerprint density at radius 1 is 1.40 bits per heavy atom. The smallest absolute Gasteiger partial charge is 0.387 e. The Morgan fingerprint density at radius 2 is 2.05 bits per heavy atom. The van der Waals surface area contributed by atoms with E-state index in [4.69, 9.17) is 5.11 Å². The van der Waals surface area contributed by atoms with Gasteiger partial charge in [0.05, 0.1) is 16.1 Å². The van der Waals surface area contributed by atoms with Crippen LogP contribution in [0.4, 0.5) is 14.5 Å². The van der Waals surface area contributed by atoms with Crippen LogP contribution in [0.15, 0.2) is 18.2 Å². The quantitative estimate of drug-likeness (QED) is 0.371. The van der Waals surface area contributed by atoms with Crippen molar-refractivity contribution in [3.8, 4) is 5.75 Å². The predicted octanol–water partition coefficient (Wildman–Crippen LogP) is 2.11. The molecule has 7 nitrogen and oxygen atoms in total. The number of nitro benzene ring substituents is 1. The molecule has 0 fully saturated rings. The van der Waals surface area contributed by atoms with Crippen LogP contribution in [-0.4, -0.2) is 28.9 Å². The summed E-state index contributed by atoms with van der Waals surface area (Å²) >= 11 is 0. The highest BCUT2D eigenvalue weighted by atomic mass is 19.3. The monoisotopic (exact) mass is 287 g/mol. The lowest BCUT2D eigenvalue weighted by molar-refractivity contribution is -0.385. The van der Waals surface area contributed by atoms with Gasteiger partial charge in [-0.05, 0) is 12.1 Å². The molecular formula is C11H7F2NO6. The van der Waals surface area contributed by atoms with Crippen molar-refractivity contribution in [2.75, 3.05) is 0 Å². The number of nitrogens with zero attached hydrogens (tertiary/aromatic N) is 1. The summed E-state index contributed by atoms with van der Waals surface area (Å²) in [7, 11) is 0. The zero-order valence-electron chi connectivity index (χ0n) is 9.66. The van der Waals surface area contributed by atoms with E-state index in [2.05, 4.69) is 4.74 Å². The third-order valence-electron chi connectivity index (χ3n) is 2.15. The number of benzene rings is 1. The summed E-state index contributed by atoms with van der Waals surface area (Å²) in [6.45, 7) is -3.23. The average Bonchev–Trinajstić information content (AvgIpc) is 2.34. The standard InChI is InChI=1S/C11H7F2NO6/c12-11(13)20-9-3-2-8(14(18)19)6(7(9)5-15)1-4-10(16)17/h1-5,11H,(H,16,17)/b4-1+. The molecule has 0 amide bonds. The minimum atomic E-state index is -3.23. The van der Waals surface area contributed by atoms with Crippen LogP contribution in [0.25, 0.3) is 6.08 Å². The zero-order valence-corrected chi connectivity index (χ0v) is 9.66. The number of aliphatic carboxylic acids is 1. The summed E-state index contributed by atoms with van der Waals surface area (Å²) < 4.78 is 28.4. The second kappa shape index (κ2) is 6.36. The van der Waals surface area contributed by atoms with Gasteiger partial charge < -0.3 is 9.84 Å². The van der Waals surface area contributed by atoms with E-state index in [0.717, 1.165) is 18.2 Å². The summed E-state index contributed by atoms with van der Waals surface area (Å²) in [4.78, 5) is 31.3. The second-order valence-corrected chi connectivity index (χ2v) is 3.34. The SMILES string of the molecule is O=Cc1c(OC(F)F)ccc([N+](=O)[O-])c1/C=C/C(=O)O. The number of hydrogen-bond acceptors (Lipinski definition) is 5. The number of carbonyl (C=O) groups excluding carboxylic acids is 1. The normalized spacial score (nSPS) is 10.8. The first-order valence-electron chi connectivity index (χ1n) is 4.99. The molecule has 9 heteroatoms. The van der Waals surface area contributed by atoms with E-state index < -0.39 is 40.1 Å². The first kappa shape index (κ1) is 15.2. The number of hydrogen-bond donors (Lipinski definition) is 1. The Bertz CT molecular complexity index is 585. The second-order valence-electron chi connectivity index (χ2n) is 3.34. The molecule has 0 aliphatic carbocycles. The van der Waals surface area contributed by atoms with Crippen LogP contribution in [0.2, 0.25) is 0 Å². The lowest BCUT2D eigenvalue weighted by Gasteiger charge is -2.09. The highest BCUT2D eigenvalue weighted by molar-refractivity contribution is 5.93. The number of aldehydes is 1. The fourth-order valence-corrected chi connectivity index (χ4v) is 1.41. The molecule has 1 aromatic carbocycles. The van der Waals surface area contributed by atoms with Gasteiger partial charge in [0.1, 0.15) is 5.75 Å². The fraction of sp³-hybridized carbons (Fsp3) is 0.0909. The molecule has 1 rings (SSSR count). The molecule has 0 unspecified atom stereocenters. The number of halogens is 2. The van der Waals surface area contributed by atoms with Gasteiger partial charge in [0.15, 0.2) is 6.29 Å². The maximum absolute atomic E-state index is 12.2. The molecule has 0 aliphatic heterocycles. The number of carboxylic acid groups (broad SMARTS) is 1. The highest BCUT2D eigenvalue weighted by Gasteiger charge is 2.21. The van der Waals surface area contributed by atoms with E-state index in [1.54, 1.807) is 0 Å². The molecule has 0 heterocycles. The van der Waals surface area contributed by atoms with Crippen LogP contribution in [0, 0.1) is 10.1 Å². The van der Waals surface area contributed by atoms with E-state index in [0.29, 0.717) is 6.08 Å². The van der Waals surface area contributed by atoms with Crippen LogP contribution in [0.1, 0.15) is 15.9 Å². The van der Waals surface area contributed by atoms with Crippen LogP contribution in [-0.2, 0) is 4.79 Å². The maximum Gasteiger partial charge on any atom is 0.387 e. The minimum Gasteiger partial charge on any atom is -0.478 e. The number of nitro groups is 1. The van der Waals surface area contributed by atoms with E-state index in [9.17, 15) is 28.5 Å². The van der Waals surface area contributed by atoms with Crippen molar-refractivity contribution < 1.29 is 33.1 Å². The van der Waals surface area contributed by atoms with Crippen molar-refractivity contribution in [3.63, 3.8) is 0 Å². The van der Waals surface area contributed by atoms with Gasteiger partial charge >= 0.3 is 12.6 Å². The Morgan fingerprint density at radius 3 is 2.50 bits per heavy atom. The third kappa shape index (κ3) is 3.57. The molecule has 1 N–H and O–H groups in total.